The van der Waals surface area contributed by atoms with E-state index in [0.717, 1.165) is 0 Å². The Morgan fingerprint density at radius 1 is 1.25 bits per heavy atom. The number of nitrogens with zero attached hydrogens (tertiary/aromatic N) is 4. The number of halogens is 1. The summed E-state index contributed by atoms with van der Waals surface area (Å²) in [5.41, 5.74) is 11.9. The maximum absolute atomic E-state index is 5.62. The lowest BCUT2D eigenvalue weighted by Crippen LogP contribution is -1.84. The van der Waals surface area contributed by atoms with Crippen LogP contribution in [-0.4, -0.2) is 15.2 Å². The first-order valence-electron chi connectivity index (χ1n) is 4.29. The molecule has 0 radical (unpaired) electrons. The summed E-state index contributed by atoms with van der Waals surface area (Å²) in [7, 11) is 0. The van der Waals surface area contributed by atoms with Gasteiger partial charge in [-0.2, -0.15) is 5.10 Å². The number of aromatic nitrogens is 3. The van der Waals surface area contributed by atoms with Crippen LogP contribution in [0.1, 0.15) is 0 Å². The molecule has 0 bridgehead atoms. The molecule has 7 nitrogen and oxygen atoms in total. The van der Waals surface area contributed by atoms with Gasteiger partial charge in [0.15, 0.2) is 11.5 Å². The number of H-pyrrole nitrogens is 1. The molecule has 2 aromatic heterocycles. The lowest BCUT2D eigenvalue weighted by atomic mass is 10.4. The van der Waals surface area contributed by atoms with Crippen LogP contribution in [0.2, 0.25) is 5.15 Å². The van der Waals surface area contributed by atoms with Crippen LogP contribution in [0.25, 0.3) is 0 Å². The summed E-state index contributed by atoms with van der Waals surface area (Å²) in [6.45, 7) is 0. The predicted octanol–water partition coefficient (Wildman–Crippen LogP) is 2.04. The predicted molar refractivity (Wildman–Crippen MR) is 60.8 cm³/mol. The Labute approximate surface area is 95.5 Å². The molecule has 0 atom stereocenters. The lowest BCUT2D eigenvalue weighted by Gasteiger charge is -1.92. The molecule has 82 valence electrons. The Bertz CT molecular complexity index is 496. The van der Waals surface area contributed by atoms with E-state index in [1.165, 1.54) is 6.20 Å². The van der Waals surface area contributed by atoms with Gasteiger partial charge >= 0.3 is 0 Å². The first-order chi connectivity index (χ1) is 7.66. The van der Waals surface area contributed by atoms with Gasteiger partial charge < -0.3 is 11.5 Å². The molecule has 0 aliphatic heterocycles. The van der Waals surface area contributed by atoms with Gasteiger partial charge in [0.25, 0.3) is 0 Å². The molecular formula is C8H8ClN7. The van der Waals surface area contributed by atoms with Crippen molar-refractivity contribution < 1.29 is 0 Å². The SMILES string of the molecule is Nc1n[nH]c(N)c1N=Nc1ccc(Cl)nc1. The number of pyridine rings is 1. The Kier molecular flexibility index (Phi) is 2.69. The monoisotopic (exact) mass is 237 g/mol. The highest BCUT2D eigenvalue weighted by molar-refractivity contribution is 6.29. The van der Waals surface area contributed by atoms with Crippen molar-refractivity contribution in [1.82, 2.24) is 15.2 Å². The van der Waals surface area contributed by atoms with Crippen LogP contribution in [0.4, 0.5) is 23.0 Å². The summed E-state index contributed by atoms with van der Waals surface area (Å²) in [6.07, 6.45) is 1.48. The standard InChI is InChI=1S/C8H8ClN7/c9-5-2-1-4(3-12-5)13-14-6-7(10)15-16-8(6)11/h1-3H,(H5,10,11,15,16). The number of anilines is 2. The number of aromatic amines is 1. The highest BCUT2D eigenvalue weighted by Gasteiger charge is 2.06. The second-order valence-corrected chi connectivity index (χ2v) is 3.30. The van der Waals surface area contributed by atoms with Crippen LogP contribution in [0.15, 0.2) is 28.6 Å². The smallest absolute Gasteiger partial charge is 0.175 e. The number of nitrogen functional groups attached to an aromatic ring is 2. The minimum Gasteiger partial charge on any atom is -0.382 e. The minimum atomic E-state index is 0.197. The molecule has 0 amide bonds. The number of azo groups is 1. The zero-order valence-electron chi connectivity index (χ0n) is 8.05. The van der Waals surface area contributed by atoms with Crippen LogP contribution >= 0.6 is 11.6 Å². The highest BCUT2D eigenvalue weighted by Crippen LogP contribution is 2.27. The molecule has 0 fully saturated rings. The van der Waals surface area contributed by atoms with Crippen LogP contribution < -0.4 is 11.5 Å². The topological polar surface area (TPSA) is 118 Å². The van der Waals surface area contributed by atoms with Crippen molar-refractivity contribution in [2.75, 3.05) is 11.5 Å². The molecule has 2 aromatic rings. The van der Waals surface area contributed by atoms with E-state index in [4.69, 9.17) is 23.1 Å². The minimum absolute atomic E-state index is 0.197. The maximum Gasteiger partial charge on any atom is 0.175 e. The van der Waals surface area contributed by atoms with Crippen LogP contribution in [-0.2, 0) is 0 Å². The summed E-state index contributed by atoms with van der Waals surface area (Å²) in [6, 6.07) is 3.28. The molecule has 0 saturated carbocycles. The average Bonchev–Trinajstić information content (AvgIpc) is 2.59. The fourth-order valence-corrected chi connectivity index (χ4v) is 1.12. The molecule has 0 unspecified atom stereocenters. The van der Waals surface area contributed by atoms with E-state index >= 15 is 0 Å². The summed E-state index contributed by atoms with van der Waals surface area (Å²) in [4.78, 5) is 3.85. The quantitative estimate of drug-likeness (QED) is 0.547. The van der Waals surface area contributed by atoms with E-state index in [-0.39, 0.29) is 11.6 Å². The van der Waals surface area contributed by atoms with Gasteiger partial charge in [0.1, 0.15) is 16.7 Å². The van der Waals surface area contributed by atoms with Crippen molar-refractivity contribution in [2.24, 2.45) is 10.2 Å². The Hall–Kier alpha value is -2.15. The molecule has 8 heteroatoms. The summed E-state index contributed by atoms with van der Waals surface area (Å²) in [5, 5.41) is 14.3. The second kappa shape index (κ2) is 4.15. The van der Waals surface area contributed by atoms with Crippen molar-refractivity contribution in [3.8, 4) is 0 Å². The van der Waals surface area contributed by atoms with E-state index in [1.54, 1.807) is 12.1 Å². The third-order valence-electron chi connectivity index (χ3n) is 1.77. The van der Waals surface area contributed by atoms with Crippen molar-refractivity contribution in [3.63, 3.8) is 0 Å². The highest BCUT2D eigenvalue weighted by atomic mass is 35.5. The first kappa shape index (κ1) is 10.4. The van der Waals surface area contributed by atoms with Crippen molar-refractivity contribution in [3.05, 3.63) is 23.5 Å². The lowest BCUT2D eigenvalue weighted by molar-refractivity contribution is 1.11. The normalized spacial score (nSPS) is 11.1. The van der Waals surface area contributed by atoms with Crippen LogP contribution in [0, 0.1) is 0 Å². The van der Waals surface area contributed by atoms with E-state index < -0.39 is 0 Å². The van der Waals surface area contributed by atoms with Crippen LogP contribution in [0.5, 0.6) is 0 Å². The summed E-state index contributed by atoms with van der Waals surface area (Å²) >= 11 is 5.62. The Morgan fingerprint density at radius 3 is 2.62 bits per heavy atom. The molecule has 0 aromatic carbocycles. The van der Waals surface area contributed by atoms with Crippen LogP contribution in [0.3, 0.4) is 0 Å². The van der Waals surface area contributed by atoms with Gasteiger partial charge in [-0.05, 0) is 12.1 Å². The van der Waals surface area contributed by atoms with Crippen molar-refractivity contribution in [2.45, 2.75) is 0 Å². The third kappa shape index (κ3) is 2.09. The van der Waals surface area contributed by atoms with E-state index in [1.807, 2.05) is 0 Å². The average molecular weight is 238 g/mol. The van der Waals surface area contributed by atoms with Gasteiger partial charge in [-0.3, -0.25) is 5.10 Å². The molecule has 16 heavy (non-hydrogen) atoms. The molecule has 0 spiro atoms. The molecule has 5 N–H and O–H groups in total. The van der Waals surface area contributed by atoms with E-state index in [0.29, 0.717) is 16.5 Å². The number of nitrogens with two attached hydrogens (primary N) is 2. The third-order valence-corrected chi connectivity index (χ3v) is 2.00. The van der Waals surface area contributed by atoms with Gasteiger partial charge in [-0.1, -0.05) is 11.6 Å². The first-order valence-corrected chi connectivity index (χ1v) is 4.67. The van der Waals surface area contributed by atoms with Gasteiger partial charge in [0, 0.05) is 0 Å². The zero-order chi connectivity index (χ0) is 11.5. The van der Waals surface area contributed by atoms with Gasteiger partial charge in [-0.25, -0.2) is 4.98 Å². The summed E-state index contributed by atoms with van der Waals surface area (Å²) < 4.78 is 0. The number of hydrogen-bond acceptors (Lipinski definition) is 6. The Balaban J connectivity index is 2.24. The van der Waals surface area contributed by atoms with Gasteiger partial charge in [0.05, 0.1) is 6.20 Å². The molecule has 0 aliphatic carbocycles. The van der Waals surface area contributed by atoms with Gasteiger partial charge in [0.2, 0.25) is 0 Å². The molecule has 0 saturated heterocycles. The number of hydrogen-bond donors (Lipinski definition) is 3. The fraction of sp³-hybridized carbons (Fsp3) is 0. The largest absolute Gasteiger partial charge is 0.382 e. The maximum atomic E-state index is 5.62. The number of nitrogens with one attached hydrogen (secondary N) is 1. The molecule has 2 heterocycles. The zero-order valence-corrected chi connectivity index (χ0v) is 8.81. The summed E-state index contributed by atoms with van der Waals surface area (Å²) in [5.74, 6) is 0.464. The van der Waals surface area contributed by atoms with E-state index in [9.17, 15) is 0 Å². The van der Waals surface area contributed by atoms with Crippen molar-refractivity contribution in [1.29, 1.82) is 0 Å². The van der Waals surface area contributed by atoms with Crippen molar-refractivity contribution >= 4 is 34.6 Å². The number of rotatable bonds is 2. The molecule has 2 rings (SSSR count). The Morgan fingerprint density at radius 2 is 2.06 bits per heavy atom. The molecule has 0 aliphatic rings. The second-order valence-electron chi connectivity index (χ2n) is 2.91. The van der Waals surface area contributed by atoms with Gasteiger partial charge in [-0.15, -0.1) is 10.2 Å². The fourth-order valence-electron chi connectivity index (χ4n) is 1.00. The van der Waals surface area contributed by atoms with E-state index in [2.05, 4.69) is 25.4 Å². The molecular weight excluding hydrogens is 230 g/mol.